The predicted octanol–water partition coefficient (Wildman–Crippen LogP) is 2.75. The molecule has 1 fully saturated rings. The molecular weight excluding hydrogens is 354 g/mol. The zero-order valence-corrected chi connectivity index (χ0v) is 15.9. The summed E-state index contributed by atoms with van der Waals surface area (Å²) in [5.41, 5.74) is 1.49. The lowest BCUT2D eigenvalue weighted by Gasteiger charge is -2.33. The zero-order valence-electron chi connectivity index (χ0n) is 15.9. The molecule has 0 aromatic carbocycles. The van der Waals surface area contributed by atoms with Crippen molar-refractivity contribution in [3.63, 3.8) is 0 Å². The number of hydrogen-bond acceptors (Lipinski definition) is 5. The Morgan fingerprint density at radius 2 is 2.04 bits per heavy atom. The van der Waals surface area contributed by atoms with Crippen molar-refractivity contribution in [1.82, 2.24) is 24.4 Å². The van der Waals surface area contributed by atoms with Gasteiger partial charge in [-0.25, -0.2) is 9.97 Å². The summed E-state index contributed by atoms with van der Waals surface area (Å²) in [5, 5.41) is 0. The molecule has 1 unspecified atom stereocenters. The van der Waals surface area contributed by atoms with E-state index < -0.39 is 0 Å². The fourth-order valence-electron chi connectivity index (χ4n) is 3.74. The number of aromatic nitrogens is 4. The Labute approximate surface area is 164 Å². The molecular formula is C21H23N5O2. The minimum atomic E-state index is -0.0440. The first-order valence-corrected chi connectivity index (χ1v) is 9.45. The maximum Gasteiger partial charge on any atom is 0.259 e. The molecule has 1 saturated heterocycles. The molecule has 28 heavy (non-hydrogen) atoms. The van der Waals surface area contributed by atoms with Gasteiger partial charge in [-0.1, -0.05) is 6.07 Å². The predicted molar refractivity (Wildman–Crippen MR) is 104 cm³/mol. The fraction of sp³-hybridized carbons (Fsp3) is 0.333. The standard InChI is InChI=1S/C21H23N5O2/c1-28-20-18(8-4-10-24-20)21(27)26-12-5-6-16(14-26)19-23-11-13-25(19)15-17-7-2-3-9-22-17/h2-4,7-11,13,16H,5-6,12,14-15H2,1H3. The van der Waals surface area contributed by atoms with Crippen LogP contribution in [-0.4, -0.2) is 50.5 Å². The van der Waals surface area contributed by atoms with Crippen LogP contribution in [0.1, 0.15) is 40.6 Å². The summed E-state index contributed by atoms with van der Waals surface area (Å²) in [6.07, 6.45) is 9.18. The van der Waals surface area contributed by atoms with Crippen LogP contribution >= 0.6 is 0 Å². The highest BCUT2D eigenvalue weighted by Gasteiger charge is 2.29. The smallest absolute Gasteiger partial charge is 0.259 e. The molecule has 4 heterocycles. The summed E-state index contributed by atoms with van der Waals surface area (Å²) in [7, 11) is 1.53. The number of likely N-dealkylation sites (tertiary alicyclic amines) is 1. The lowest BCUT2D eigenvalue weighted by atomic mass is 9.96. The molecule has 0 radical (unpaired) electrons. The Hall–Kier alpha value is -3.22. The average Bonchev–Trinajstić information content (AvgIpc) is 3.22. The third-order valence-electron chi connectivity index (χ3n) is 5.07. The molecule has 3 aromatic rings. The number of piperidine rings is 1. The molecule has 1 atom stereocenters. The number of carbonyl (C=O) groups is 1. The van der Waals surface area contributed by atoms with Crippen molar-refractivity contribution in [3.05, 3.63) is 72.2 Å². The lowest BCUT2D eigenvalue weighted by molar-refractivity contribution is 0.0699. The van der Waals surface area contributed by atoms with E-state index in [0.29, 0.717) is 24.5 Å². The number of imidazole rings is 1. The van der Waals surface area contributed by atoms with E-state index in [1.165, 1.54) is 7.11 Å². The normalized spacial score (nSPS) is 16.8. The van der Waals surface area contributed by atoms with Gasteiger partial charge in [0, 0.05) is 43.8 Å². The van der Waals surface area contributed by atoms with E-state index in [1.54, 1.807) is 24.5 Å². The van der Waals surface area contributed by atoms with Gasteiger partial charge in [-0.2, -0.15) is 0 Å². The number of methoxy groups -OCH3 is 1. The highest BCUT2D eigenvalue weighted by molar-refractivity contribution is 5.96. The maximum absolute atomic E-state index is 13.0. The van der Waals surface area contributed by atoms with Gasteiger partial charge in [0.15, 0.2) is 0 Å². The molecule has 0 bridgehead atoms. The molecule has 0 aliphatic carbocycles. The number of carbonyl (C=O) groups excluding carboxylic acids is 1. The highest BCUT2D eigenvalue weighted by atomic mass is 16.5. The van der Waals surface area contributed by atoms with Crippen molar-refractivity contribution >= 4 is 5.91 Å². The summed E-state index contributed by atoms with van der Waals surface area (Å²) in [5.74, 6) is 1.52. The van der Waals surface area contributed by atoms with Gasteiger partial charge in [-0.3, -0.25) is 9.78 Å². The molecule has 1 aliphatic heterocycles. The second-order valence-electron chi connectivity index (χ2n) is 6.88. The Bertz CT molecular complexity index is 941. The van der Waals surface area contributed by atoms with Gasteiger partial charge in [-0.15, -0.1) is 0 Å². The number of hydrogen-bond donors (Lipinski definition) is 0. The summed E-state index contributed by atoms with van der Waals surface area (Å²) in [4.78, 5) is 28.1. The summed E-state index contributed by atoms with van der Waals surface area (Å²) in [6.45, 7) is 2.04. The molecule has 0 N–H and O–H groups in total. The Morgan fingerprint density at radius 3 is 2.86 bits per heavy atom. The molecule has 144 valence electrons. The Kier molecular flexibility index (Phi) is 5.32. The highest BCUT2D eigenvalue weighted by Crippen LogP contribution is 2.28. The minimum Gasteiger partial charge on any atom is -0.480 e. The van der Waals surface area contributed by atoms with Crippen molar-refractivity contribution < 1.29 is 9.53 Å². The van der Waals surface area contributed by atoms with E-state index in [9.17, 15) is 4.79 Å². The van der Waals surface area contributed by atoms with Gasteiger partial charge in [0.25, 0.3) is 5.91 Å². The number of nitrogens with zero attached hydrogens (tertiary/aromatic N) is 5. The van der Waals surface area contributed by atoms with E-state index >= 15 is 0 Å². The van der Waals surface area contributed by atoms with Gasteiger partial charge in [0.2, 0.25) is 5.88 Å². The zero-order chi connectivity index (χ0) is 19.3. The van der Waals surface area contributed by atoms with Crippen LogP contribution in [0.3, 0.4) is 0 Å². The van der Waals surface area contributed by atoms with Crippen molar-refractivity contribution in [2.45, 2.75) is 25.3 Å². The SMILES string of the molecule is COc1ncccc1C(=O)N1CCCC(c2nccn2Cc2ccccn2)C1. The van der Waals surface area contributed by atoms with E-state index in [0.717, 1.165) is 30.9 Å². The van der Waals surface area contributed by atoms with Crippen LogP contribution in [0, 0.1) is 0 Å². The fourth-order valence-corrected chi connectivity index (χ4v) is 3.74. The lowest BCUT2D eigenvalue weighted by Crippen LogP contribution is -2.40. The largest absolute Gasteiger partial charge is 0.480 e. The van der Waals surface area contributed by atoms with E-state index in [-0.39, 0.29) is 11.8 Å². The summed E-state index contributed by atoms with van der Waals surface area (Å²) < 4.78 is 7.39. The molecule has 1 aliphatic rings. The van der Waals surface area contributed by atoms with E-state index in [1.807, 2.05) is 35.5 Å². The summed E-state index contributed by atoms with van der Waals surface area (Å²) >= 11 is 0. The van der Waals surface area contributed by atoms with Gasteiger partial charge in [-0.05, 0) is 37.1 Å². The van der Waals surface area contributed by atoms with Crippen LogP contribution in [-0.2, 0) is 6.54 Å². The number of pyridine rings is 2. The van der Waals surface area contributed by atoms with Crippen LogP contribution in [0.5, 0.6) is 5.88 Å². The monoisotopic (exact) mass is 377 g/mol. The van der Waals surface area contributed by atoms with Crippen molar-refractivity contribution in [1.29, 1.82) is 0 Å². The third-order valence-corrected chi connectivity index (χ3v) is 5.07. The molecule has 3 aromatic heterocycles. The number of ether oxygens (including phenoxy) is 1. The molecule has 1 amide bonds. The van der Waals surface area contributed by atoms with E-state index in [2.05, 4.69) is 19.5 Å². The van der Waals surface area contributed by atoms with Crippen LogP contribution in [0.2, 0.25) is 0 Å². The van der Waals surface area contributed by atoms with Crippen molar-refractivity contribution in [2.24, 2.45) is 0 Å². The first-order chi connectivity index (χ1) is 13.8. The molecule has 7 heteroatoms. The van der Waals surface area contributed by atoms with Gasteiger partial charge >= 0.3 is 0 Å². The number of amides is 1. The third kappa shape index (κ3) is 3.74. The molecule has 0 saturated carbocycles. The topological polar surface area (TPSA) is 73.1 Å². The van der Waals surface area contributed by atoms with Crippen molar-refractivity contribution in [3.8, 4) is 5.88 Å². The molecule has 4 rings (SSSR count). The quantitative estimate of drug-likeness (QED) is 0.684. The second-order valence-corrected chi connectivity index (χ2v) is 6.88. The number of rotatable bonds is 5. The van der Waals surface area contributed by atoms with Gasteiger partial charge in [0.05, 0.1) is 19.3 Å². The van der Waals surface area contributed by atoms with Crippen LogP contribution in [0.15, 0.2) is 55.1 Å². The van der Waals surface area contributed by atoms with Crippen LogP contribution in [0.4, 0.5) is 0 Å². The van der Waals surface area contributed by atoms with Gasteiger partial charge in [0.1, 0.15) is 11.4 Å². The van der Waals surface area contributed by atoms with Crippen molar-refractivity contribution in [2.75, 3.05) is 20.2 Å². The van der Waals surface area contributed by atoms with Gasteiger partial charge < -0.3 is 14.2 Å². The summed E-state index contributed by atoms with van der Waals surface area (Å²) in [6, 6.07) is 9.43. The Balaban J connectivity index is 1.52. The first-order valence-electron chi connectivity index (χ1n) is 9.45. The van der Waals surface area contributed by atoms with Crippen LogP contribution < -0.4 is 4.74 Å². The van der Waals surface area contributed by atoms with E-state index in [4.69, 9.17) is 4.74 Å². The molecule has 0 spiro atoms. The first kappa shape index (κ1) is 18.2. The second kappa shape index (κ2) is 8.21. The maximum atomic E-state index is 13.0. The van der Waals surface area contributed by atoms with Crippen LogP contribution in [0.25, 0.3) is 0 Å². The Morgan fingerprint density at radius 1 is 1.14 bits per heavy atom. The molecule has 7 nitrogen and oxygen atoms in total. The minimum absolute atomic E-state index is 0.0440. The average molecular weight is 377 g/mol.